The van der Waals surface area contributed by atoms with Crippen LogP contribution in [-0.4, -0.2) is 14.6 Å². The molecule has 8 heteroatoms. The zero-order chi connectivity index (χ0) is 16.1. The van der Waals surface area contributed by atoms with Crippen LogP contribution in [0.2, 0.25) is 5.02 Å². The van der Waals surface area contributed by atoms with E-state index in [-0.39, 0.29) is 16.4 Å². The monoisotopic (exact) mass is 345 g/mol. The summed E-state index contributed by atoms with van der Waals surface area (Å²) in [6.45, 7) is 3.54. The van der Waals surface area contributed by atoms with Crippen LogP contribution < -0.4 is 0 Å². The van der Waals surface area contributed by atoms with E-state index in [1.807, 2.05) is 13.0 Å². The van der Waals surface area contributed by atoms with E-state index in [1.54, 1.807) is 13.0 Å². The Kier molecular flexibility index (Phi) is 3.65. The molecule has 0 aliphatic heterocycles. The van der Waals surface area contributed by atoms with Crippen LogP contribution in [0.3, 0.4) is 0 Å². The minimum Gasteiger partial charge on any atom is -0.226 e. The van der Waals surface area contributed by atoms with Gasteiger partial charge in [-0.05, 0) is 31.5 Å². The highest BCUT2D eigenvalue weighted by Gasteiger charge is 2.36. The van der Waals surface area contributed by atoms with Gasteiger partial charge in [-0.2, -0.15) is 18.3 Å². The van der Waals surface area contributed by atoms with Crippen molar-refractivity contribution < 1.29 is 13.2 Å². The zero-order valence-electron chi connectivity index (χ0n) is 11.7. The van der Waals surface area contributed by atoms with Gasteiger partial charge < -0.3 is 0 Å². The normalized spacial score (nSPS) is 12.3. The van der Waals surface area contributed by atoms with Gasteiger partial charge in [-0.15, -0.1) is 11.3 Å². The maximum atomic E-state index is 13.3. The van der Waals surface area contributed by atoms with Crippen LogP contribution in [0.15, 0.2) is 18.2 Å². The Morgan fingerprint density at radius 1 is 1.32 bits per heavy atom. The molecule has 0 fully saturated rings. The summed E-state index contributed by atoms with van der Waals surface area (Å²) < 4.78 is 40.7. The standard InChI is InChI=1S/C14H11ClF3N3S/c1-3-8-4-5-10(22-8)9-6-11(14(16,17)18)21-13(19-9)12(15)7(2)20-21/h4-6H,3H2,1-2H3. The molecule has 0 aliphatic carbocycles. The van der Waals surface area contributed by atoms with Crippen LogP contribution in [-0.2, 0) is 12.6 Å². The lowest BCUT2D eigenvalue weighted by atomic mass is 10.2. The van der Waals surface area contributed by atoms with E-state index < -0.39 is 11.9 Å². The topological polar surface area (TPSA) is 30.2 Å². The van der Waals surface area contributed by atoms with Gasteiger partial charge in [0.25, 0.3) is 0 Å². The molecule has 0 aliphatic rings. The number of hydrogen-bond donors (Lipinski definition) is 0. The first-order valence-electron chi connectivity index (χ1n) is 6.53. The zero-order valence-corrected chi connectivity index (χ0v) is 13.3. The fourth-order valence-corrected chi connectivity index (χ4v) is 3.20. The van der Waals surface area contributed by atoms with Crippen molar-refractivity contribution in [3.8, 4) is 10.6 Å². The van der Waals surface area contributed by atoms with Crippen LogP contribution in [0.5, 0.6) is 0 Å². The molecule has 0 unspecified atom stereocenters. The first kappa shape index (κ1) is 15.3. The Bertz CT molecular complexity index is 851. The highest BCUT2D eigenvalue weighted by Crippen LogP contribution is 2.36. The number of aromatic nitrogens is 3. The van der Waals surface area contributed by atoms with Crippen molar-refractivity contribution in [2.75, 3.05) is 0 Å². The van der Waals surface area contributed by atoms with Crippen molar-refractivity contribution >= 4 is 28.6 Å². The Morgan fingerprint density at radius 3 is 2.64 bits per heavy atom. The lowest BCUT2D eigenvalue weighted by Gasteiger charge is -2.10. The number of hydrogen-bond acceptors (Lipinski definition) is 3. The lowest BCUT2D eigenvalue weighted by Crippen LogP contribution is -2.13. The summed E-state index contributed by atoms with van der Waals surface area (Å²) in [5.74, 6) is 0. The number of rotatable bonds is 2. The third-order valence-corrected chi connectivity index (χ3v) is 4.94. The minimum atomic E-state index is -4.54. The molecule has 0 bridgehead atoms. The summed E-state index contributed by atoms with van der Waals surface area (Å²) >= 11 is 7.47. The number of alkyl halides is 3. The Labute approximate surface area is 133 Å². The van der Waals surface area contributed by atoms with Gasteiger partial charge >= 0.3 is 6.18 Å². The molecule has 0 saturated heterocycles. The largest absolute Gasteiger partial charge is 0.433 e. The van der Waals surface area contributed by atoms with Crippen LogP contribution in [0.4, 0.5) is 13.2 Å². The molecule has 0 spiro atoms. The summed E-state index contributed by atoms with van der Waals surface area (Å²) in [7, 11) is 0. The molecule has 0 amide bonds. The van der Waals surface area contributed by atoms with Gasteiger partial charge in [0, 0.05) is 4.88 Å². The summed E-state index contributed by atoms with van der Waals surface area (Å²) in [6, 6.07) is 4.68. The number of halogens is 4. The van der Waals surface area contributed by atoms with Gasteiger partial charge in [0.2, 0.25) is 0 Å². The van der Waals surface area contributed by atoms with Crippen molar-refractivity contribution in [1.29, 1.82) is 0 Å². The van der Waals surface area contributed by atoms with Gasteiger partial charge in [0.05, 0.1) is 16.3 Å². The number of thiophene rings is 1. The summed E-state index contributed by atoms with van der Waals surface area (Å²) in [6.07, 6.45) is -3.71. The number of aryl methyl sites for hydroxylation is 2. The average Bonchev–Trinajstić information content (AvgIpc) is 3.03. The minimum absolute atomic E-state index is 0.0236. The molecule has 3 heterocycles. The van der Waals surface area contributed by atoms with Crippen LogP contribution >= 0.6 is 22.9 Å². The Hall–Kier alpha value is -1.60. The van der Waals surface area contributed by atoms with Gasteiger partial charge in [-0.3, -0.25) is 0 Å². The number of fused-ring (bicyclic) bond motifs is 1. The summed E-state index contributed by atoms with van der Waals surface area (Å²) in [4.78, 5) is 6.03. The van der Waals surface area contributed by atoms with Crippen LogP contribution in [0.1, 0.15) is 23.2 Å². The van der Waals surface area contributed by atoms with Gasteiger partial charge in [0.1, 0.15) is 5.02 Å². The maximum Gasteiger partial charge on any atom is 0.433 e. The molecule has 22 heavy (non-hydrogen) atoms. The van der Waals surface area contributed by atoms with E-state index in [0.717, 1.165) is 21.9 Å². The SMILES string of the molecule is CCc1ccc(-c2cc(C(F)(F)F)n3nc(C)c(Cl)c3n2)s1. The van der Waals surface area contributed by atoms with Gasteiger partial charge in [-0.25, -0.2) is 9.50 Å². The second kappa shape index (κ2) is 5.24. The maximum absolute atomic E-state index is 13.3. The summed E-state index contributed by atoms with van der Waals surface area (Å²) in [5, 5.41) is 3.98. The third kappa shape index (κ3) is 2.48. The van der Waals surface area contributed by atoms with E-state index >= 15 is 0 Å². The van der Waals surface area contributed by atoms with E-state index in [1.165, 1.54) is 11.3 Å². The molecule has 3 rings (SSSR count). The fraction of sp³-hybridized carbons (Fsp3) is 0.286. The molecule has 0 N–H and O–H groups in total. The molecular weight excluding hydrogens is 335 g/mol. The lowest BCUT2D eigenvalue weighted by molar-refractivity contribution is -0.142. The Balaban J connectivity index is 2.30. The Morgan fingerprint density at radius 2 is 2.05 bits per heavy atom. The van der Waals surface area contributed by atoms with E-state index in [0.29, 0.717) is 10.6 Å². The predicted octanol–water partition coefficient (Wildman–Crippen LogP) is 5.00. The highest BCUT2D eigenvalue weighted by molar-refractivity contribution is 7.15. The van der Waals surface area contributed by atoms with Crippen molar-refractivity contribution in [2.45, 2.75) is 26.4 Å². The summed E-state index contributed by atoms with van der Waals surface area (Å²) in [5.41, 5.74) is -0.284. The molecule has 116 valence electrons. The molecule has 0 radical (unpaired) electrons. The molecule has 3 aromatic rings. The van der Waals surface area contributed by atoms with Crippen LogP contribution in [0.25, 0.3) is 16.2 Å². The van der Waals surface area contributed by atoms with Crippen LogP contribution in [0, 0.1) is 6.92 Å². The first-order chi connectivity index (χ1) is 10.3. The third-order valence-electron chi connectivity index (χ3n) is 3.25. The quantitative estimate of drug-likeness (QED) is 0.654. The van der Waals surface area contributed by atoms with Crippen molar-refractivity contribution in [2.24, 2.45) is 0 Å². The van der Waals surface area contributed by atoms with Crippen molar-refractivity contribution in [3.05, 3.63) is 39.5 Å². The van der Waals surface area contributed by atoms with Crippen molar-refractivity contribution in [1.82, 2.24) is 14.6 Å². The van der Waals surface area contributed by atoms with Gasteiger partial charge in [0.15, 0.2) is 11.3 Å². The molecule has 0 atom stereocenters. The van der Waals surface area contributed by atoms with Gasteiger partial charge in [-0.1, -0.05) is 18.5 Å². The first-order valence-corrected chi connectivity index (χ1v) is 7.73. The molecule has 3 aromatic heterocycles. The average molecular weight is 346 g/mol. The molecule has 3 nitrogen and oxygen atoms in total. The number of nitrogens with zero attached hydrogens (tertiary/aromatic N) is 3. The van der Waals surface area contributed by atoms with E-state index in [4.69, 9.17) is 11.6 Å². The fourth-order valence-electron chi connectivity index (χ4n) is 2.13. The van der Waals surface area contributed by atoms with E-state index in [2.05, 4.69) is 10.1 Å². The van der Waals surface area contributed by atoms with Crippen molar-refractivity contribution in [3.63, 3.8) is 0 Å². The van der Waals surface area contributed by atoms with E-state index in [9.17, 15) is 13.2 Å². The molecule has 0 aromatic carbocycles. The predicted molar refractivity (Wildman–Crippen MR) is 80.4 cm³/mol. The molecular formula is C14H11ClF3N3S. The second-order valence-electron chi connectivity index (χ2n) is 4.78. The highest BCUT2D eigenvalue weighted by atomic mass is 35.5. The second-order valence-corrected chi connectivity index (χ2v) is 6.32. The molecule has 0 saturated carbocycles. The smallest absolute Gasteiger partial charge is 0.226 e.